The Morgan fingerprint density at radius 3 is 2.79 bits per heavy atom. The molecule has 1 aromatic rings. The third-order valence-corrected chi connectivity index (χ3v) is 1.61. The fourth-order valence-corrected chi connectivity index (χ4v) is 1.01. The highest BCUT2D eigenvalue weighted by molar-refractivity contribution is 7.80. The van der Waals surface area contributed by atoms with Gasteiger partial charge in [-0.3, -0.25) is 0 Å². The van der Waals surface area contributed by atoms with Crippen LogP contribution in [0.1, 0.15) is 15.9 Å². The summed E-state index contributed by atoms with van der Waals surface area (Å²) in [5.41, 5.74) is 0.241. The van der Waals surface area contributed by atoms with Crippen LogP contribution in [0.3, 0.4) is 0 Å². The van der Waals surface area contributed by atoms with Gasteiger partial charge in [0.05, 0.1) is 11.3 Å². The quantitative estimate of drug-likeness (QED) is 0.548. The Kier molecular flexibility index (Phi) is 3.55. The zero-order chi connectivity index (χ0) is 10.6. The molecule has 0 aliphatic heterocycles. The second kappa shape index (κ2) is 4.68. The van der Waals surface area contributed by atoms with Gasteiger partial charge in [0.1, 0.15) is 5.82 Å². The first-order valence-corrected chi connectivity index (χ1v) is 4.40. The molecular weight excluding hydrogens is 203 g/mol. The molecule has 0 bridgehead atoms. The van der Waals surface area contributed by atoms with Crippen LogP contribution in [-0.2, 0) is 0 Å². The molecule has 1 rings (SSSR count). The number of carboxylic acid groups (broad SMARTS) is 1. The molecule has 0 aliphatic carbocycles. The van der Waals surface area contributed by atoms with Crippen LogP contribution >= 0.6 is 12.6 Å². The molecule has 0 aromatic heterocycles. The number of thiol groups is 1. The van der Waals surface area contributed by atoms with Gasteiger partial charge >= 0.3 is 5.97 Å². The number of carboxylic acids is 1. The van der Waals surface area contributed by atoms with Gasteiger partial charge in [0.2, 0.25) is 0 Å². The SMILES string of the molecule is O=C(O)c1cc(F)cc(C#CCS)c1. The molecule has 2 nitrogen and oxygen atoms in total. The first-order chi connectivity index (χ1) is 6.63. The Bertz CT molecular complexity index is 418. The summed E-state index contributed by atoms with van der Waals surface area (Å²) in [5, 5.41) is 8.63. The fraction of sp³-hybridized carbons (Fsp3) is 0.100. The van der Waals surface area contributed by atoms with Crippen molar-refractivity contribution in [2.24, 2.45) is 0 Å². The predicted octanol–water partition coefficient (Wildman–Crippen LogP) is 1.81. The summed E-state index contributed by atoms with van der Waals surface area (Å²) in [6.45, 7) is 0. The Balaban J connectivity index is 3.13. The first-order valence-electron chi connectivity index (χ1n) is 3.77. The highest BCUT2D eigenvalue weighted by Crippen LogP contribution is 2.08. The molecule has 0 amide bonds. The normalized spacial score (nSPS) is 9.00. The molecule has 0 saturated carbocycles. The van der Waals surface area contributed by atoms with Gasteiger partial charge in [-0.05, 0) is 18.2 Å². The first kappa shape index (κ1) is 10.6. The van der Waals surface area contributed by atoms with Crippen LogP contribution in [0.4, 0.5) is 4.39 Å². The Labute approximate surface area is 86.2 Å². The summed E-state index contributed by atoms with van der Waals surface area (Å²) in [6, 6.07) is 3.46. The van der Waals surface area contributed by atoms with Crippen LogP contribution < -0.4 is 0 Å². The molecule has 0 atom stereocenters. The number of carbonyl (C=O) groups is 1. The number of hydrogen-bond donors (Lipinski definition) is 2. The Hall–Kier alpha value is -1.47. The molecule has 72 valence electrons. The van der Waals surface area contributed by atoms with Gasteiger partial charge in [-0.2, -0.15) is 12.6 Å². The van der Waals surface area contributed by atoms with E-state index in [2.05, 4.69) is 24.5 Å². The minimum absolute atomic E-state index is 0.103. The van der Waals surface area contributed by atoms with Crippen molar-refractivity contribution >= 4 is 18.6 Å². The van der Waals surface area contributed by atoms with Gasteiger partial charge < -0.3 is 5.11 Å². The van der Waals surface area contributed by atoms with Crippen molar-refractivity contribution in [3.63, 3.8) is 0 Å². The van der Waals surface area contributed by atoms with Crippen LogP contribution in [0.25, 0.3) is 0 Å². The van der Waals surface area contributed by atoms with Crippen LogP contribution in [0.5, 0.6) is 0 Å². The van der Waals surface area contributed by atoms with Gasteiger partial charge in [0, 0.05) is 5.56 Å². The largest absolute Gasteiger partial charge is 0.478 e. The molecule has 0 fully saturated rings. The molecule has 1 N–H and O–H groups in total. The lowest BCUT2D eigenvalue weighted by molar-refractivity contribution is 0.0696. The maximum atomic E-state index is 12.9. The molecule has 0 aliphatic rings. The predicted molar refractivity (Wildman–Crippen MR) is 54.1 cm³/mol. The van der Waals surface area contributed by atoms with Gasteiger partial charge in [0.25, 0.3) is 0 Å². The van der Waals surface area contributed by atoms with Crippen LogP contribution in [0, 0.1) is 17.7 Å². The zero-order valence-corrected chi connectivity index (χ0v) is 8.01. The summed E-state index contributed by atoms with van der Waals surface area (Å²) < 4.78 is 12.9. The van der Waals surface area contributed by atoms with Gasteiger partial charge in [-0.15, -0.1) is 0 Å². The molecule has 14 heavy (non-hydrogen) atoms. The van der Waals surface area contributed by atoms with Crippen molar-refractivity contribution < 1.29 is 14.3 Å². The molecule has 1 aromatic carbocycles. The van der Waals surface area contributed by atoms with Gasteiger partial charge in [-0.1, -0.05) is 11.8 Å². The van der Waals surface area contributed by atoms with Crippen molar-refractivity contribution in [3.05, 3.63) is 35.1 Å². The molecule has 0 unspecified atom stereocenters. The van der Waals surface area contributed by atoms with Gasteiger partial charge in [-0.25, -0.2) is 9.18 Å². The third-order valence-electron chi connectivity index (χ3n) is 1.46. The second-order valence-electron chi connectivity index (χ2n) is 2.49. The van der Waals surface area contributed by atoms with E-state index in [1.54, 1.807) is 0 Å². The third kappa shape index (κ3) is 2.79. The highest BCUT2D eigenvalue weighted by atomic mass is 32.1. The smallest absolute Gasteiger partial charge is 0.335 e. The monoisotopic (exact) mass is 210 g/mol. The summed E-state index contributed by atoms with van der Waals surface area (Å²) in [6.07, 6.45) is 0. The summed E-state index contributed by atoms with van der Waals surface area (Å²) in [5.74, 6) is 3.79. The van der Waals surface area contributed by atoms with E-state index in [0.29, 0.717) is 11.3 Å². The Morgan fingerprint density at radius 1 is 1.50 bits per heavy atom. The fourth-order valence-electron chi connectivity index (χ4n) is 0.927. The van der Waals surface area contributed by atoms with Crippen molar-refractivity contribution in [2.75, 3.05) is 5.75 Å². The van der Waals surface area contributed by atoms with E-state index in [4.69, 9.17) is 5.11 Å². The number of hydrogen-bond acceptors (Lipinski definition) is 2. The average molecular weight is 210 g/mol. The lowest BCUT2D eigenvalue weighted by Crippen LogP contribution is -1.97. The molecule has 0 heterocycles. The number of rotatable bonds is 1. The van der Waals surface area contributed by atoms with E-state index in [1.165, 1.54) is 12.1 Å². The van der Waals surface area contributed by atoms with Crippen molar-refractivity contribution in [3.8, 4) is 11.8 Å². The summed E-state index contributed by atoms with van der Waals surface area (Å²) >= 11 is 3.86. The van der Waals surface area contributed by atoms with Crippen LogP contribution in [0.15, 0.2) is 18.2 Å². The minimum Gasteiger partial charge on any atom is -0.478 e. The lowest BCUT2D eigenvalue weighted by atomic mass is 10.1. The second-order valence-corrected chi connectivity index (χ2v) is 2.81. The van der Waals surface area contributed by atoms with Crippen LogP contribution in [0.2, 0.25) is 0 Å². The van der Waals surface area contributed by atoms with E-state index in [1.807, 2.05) is 0 Å². The van der Waals surface area contributed by atoms with E-state index in [9.17, 15) is 9.18 Å². The van der Waals surface area contributed by atoms with Gasteiger partial charge in [0.15, 0.2) is 0 Å². The van der Waals surface area contributed by atoms with E-state index < -0.39 is 11.8 Å². The average Bonchev–Trinajstić information content (AvgIpc) is 2.14. The number of aromatic carboxylic acids is 1. The minimum atomic E-state index is -1.17. The van der Waals surface area contributed by atoms with E-state index in [-0.39, 0.29) is 5.56 Å². The highest BCUT2D eigenvalue weighted by Gasteiger charge is 2.05. The topological polar surface area (TPSA) is 37.3 Å². The number of benzene rings is 1. The van der Waals surface area contributed by atoms with E-state index in [0.717, 1.165) is 6.07 Å². The summed E-state index contributed by atoms with van der Waals surface area (Å²) in [7, 11) is 0. The van der Waals surface area contributed by atoms with Crippen molar-refractivity contribution in [1.82, 2.24) is 0 Å². The standard InChI is InChI=1S/C10H7FO2S/c11-9-5-7(2-1-3-14)4-8(6-9)10(12)13/h4-6,14H,3H2,(H,12,13). The molecule has 0 spiro atoms. The maximum Gasteiger partial charge on any atom is 0.335 e. The maximum absolute atomic E-state index is 12.9. The van der Waals surface area contributed by atoms with E-state index >= 15 is 0 Å². The zero-order valence-electron chi connectivity index (χ0n) is 7.12. The molecular formula is C10H7FO2S. The van der Waals surface area contributed by atoms with Crippen LogP contribution in [-0.4, -0.2) is 16.8 Å². The Morgan fingerprint density at radius 2 is 2.21 bits per heavy atom. The molecule has 0 saturated heterocycles. The number of halogens is 1. The lowest BCUT2D eigenvalue weighted by Gasteiger charge is -1.96. The van der Waals surface area contributed by atoms with Crippen molar-refractivity contribution in [2.45, 2.75) is 0 Å². The molecule has 4 heteroatoms. The molecule has 0 radical (unpaired) electrons. The van der Waals surface area contributed by atoms with Crippen molar-refractivity contribution in [1.29, 1.82) is 0 Å². The summed E-state index contributed by atoms with van der Waals surface area (Å²) in [4.78, 5) is 10.5.